The lowest BCUT2D eigenvalue weighted by molar-refractivity contribution is -0.143. The number of carboxylic acids is 1. The zero-order valence-electron chi connectivity index (χ0n) is 14.5. The minimum Gasteiger partial charge on any atom is -0.481 e. The molecule has 2 N–H and O–H groups in total. The van der Waals surface area contributed by atoms with E-state index in [0.29, 0.717) is 31.4 Å². The molecule has 1 saturated carbocycles. The van der Waals surface area contributed by atoms with Crippen molar-refractivity contribution in [1.29, 1.82) is 0 Å². The van der Waals surface area contributed by atoms with Gasteiger partial charge in [-0.2, -0.15) is 0 Å². The minimum absolute atomic E-state index is 0.0174. The lowest BCUT2D eigenvalue weighted by Gasteiger charge is -2.25. The number of anilines is 1. The highest BCUT2D eigenvalue weighted by Crippen LogP contribution is 2.33. The van der Waals surface area contributed by atoms with Crippen LogP contribution in [0.3, 0.4) is 0 Å². The van der Waals surface area contributed by atoms with E-state index in [9.17, 15) is 18.4 Å². The highest BCUT2D eigenvalue weighted by molar-refractivity contribution is 5.94. The quantitative estimate of drug-likeness (QED) is 0.802. The number of ether oxygens (including phenoxy) is 1. The molecule has 0 aromatic heterocycles. The van der Waals surface area contributed by atoms with Crippen LogP contribution in [0.5, 0.6) is 11.5 Å². The van der Waals surface area contributed by atoms with Gasteiger partial charge in [-0.05, 0) is 37.8 Å². The normalized spacial score (nSPS) is 19.3. The molecule has 0 atom stereocenters. The Labute approximate surface area is 155 Å². The molecule has 142 valence electrons. The SMILES string of the molecule is O=C(O)C1CCC(C(=O)Nc2ccccc2Oc2cc(F)cc(F)c2)CC1. The van der Waals surface area contributed by atoms with Crippen molar-refractivity contribution in [2.75, 3.05) is 5.32 Å². The number of para-hydroxylation sites is 2. The molecule has 27 heavy (non-hydrogen) atoms. The molecule has 1 amide bonds. The van der Waals surface area contributed by atoms with E-state index in [0.717, 1.165) is 18.2 Å². The summed E-state index contributed by atoms with van der Waals surface area (Å²) in [6, 6.07) is 9.44. The molecule has 1 aliphatic carbocycles. The molecule has 0 radical (unpaired) electrons. The molecule has 0 heterocycles. The maximum atomic E-state index is 13.3. The number of rotatable bonds is 5. The van der Waals surface area contributed by atoms with Gasteiger partial charge in [-0.3, -0.25) is 9.59 Å². The van der Waals surface area contributed by atoms with E-state index in [1.165, 1.54) is 0 Å². The average Bonchev–Trinajstić information content (AvgIpc) is 2.62. The van der Waals surface area contributed by atoms with Gasteiger partial charge in [-0.15, -0.1) is 0 Å². The molecule has 0 saturated heterocycles. The van der Waals surface area contributed by atoms with Crippen LogP contribution in [0.25, 0.3) is 0 Å². The summed E-state index contributed by atoms with van der Waals surface area (Å²) in [4.78, 5) is 23.5. The van der Waals surface area contributed by atoms with Crippen LogP contribution in [0.4, 0.5) is 14.5 Å². The van der Waals surface area contributed by atoms with Crippen molar-refractivity contribution in [2.24, 2.45) is 11.8 Å². The molecular weight excluding hydrogens is 356 g/mol. The summed E-state index contributed by atoms with van der Waals surface area (Å²) in [5.41, 5.74) is 0.382. The van der Waals surface area contributed by atoms with Crippen molar-refractivity contribution < 1.29 is 28.2 Å². The van der Waals surface area contributed by atoms with E-state index < -0.39 is 23.5 Å². The van der Waals surface area contributed by atoms with Crippen LogP contribution in [0.2, 0.25) is 0 Å². The van der Waals surface area contributed by atoms with Gasteiger partial charge in [0.2, 0.25) is 5.91 Å². The van der Waals surface area contributed by atoms with E-state index in [4.69, 9.17) is 9.84 Å². The standard InChI is InChI=1S/C20H19F2NO4/c21-14-9-15(22)11-16(10-14)27-18-4-2-1-3-17(18)23-19(24)12-5-7-13(8-6-12)20(25)26/h1-4,9-13H,5-8H2,(H,23,24)(H,25,26). The first-order valence-electron chi connectivity index (χ1n) is 8.69. The molecular formula is C20H19F2NO4. The summed E-state index contributed by atoms with van der Waals surface area (Å²) >= 11 is 0. The summed E-state index contributed by atoms with van der Waals surface area (Å²) in [7, 11) is 0. The summed E-state index contributed by atoms with van der Waals surface area (Å²) < 4.78 is 32.2. The van der Waals surface area contributed by atoms with Crippen LogP contribution >= 0.6 is 0 Å². The van der Waals surface area contributed by atoms with Crippen molar-refractivity contribution in [3.05, 3.63) is 54.1 Å². The van der Waals surface area contributed by atoms with Crippen LogP contribution in [0.15, 0.2) is 42.5 Å². The number of halogens is 2. The predicted octanol–water partition coefficient (Wildman–Crippen LogP) is 4.59. The molecule has 0 unspecified atom stereocenters. The Morgan fingerprint density at radius 3 is 2.19 bits per heavy atom. The number of carbonyl (C=O) groups excluding carboxylic acids is 1. The Kier molecular flexibility index (Phi) is 5.69. The zero-order valence-corrected chi connectivity index (χ0v) is 14.5. The Hall–Kier alpha value is -2.96. The van der Waals surface area contributed by atoms with Crippen LogP contribution in [-0.4, -0.2) is 17.0 Å². The van der Waals surface area contributed by atoms with E-state index in [1.807, 2.05) is 0 Å². The second kappa shape index (κ2) is 8.16. The molecule has 1 fully saturated rings. The van der Waals surface area contributed by atoms with E-state index in [1.54, 1.807) is 24.3 Å². The first-order chi connectivity index (χ1) is 12.9. The molecule has 2 aromatic carbocycles. The van der Waals surface area contributed by atoms with E-state index >= 15 is 0 Å². The number of carbonyl (C=O) groups is 2. The van der Waals surface area contributed by atoms with Gasteiger partial charge in [0.15, 0.2) is 5.75 Å². The number of nitrogens with one attached hydrogen (secondary N) is 1. The van der Waals surface area contributed by atoms with Crippen LogP contribution in [0.1, 0.15) is 25.7 Å². The number of hydrogen-bond donors (Lipinski definition) is 2. The first-order valence-corrected chi connectivity index (χ1v) is 8.69. The highest BCUT2D eigenvalue weighted by Gasteiger charge is 2.30. The van der Waals surface area contributed by atoms with Gasteiger partial charge in [-0.1, -0.05) is 12.1 Å². The Morgan fingerprint density at radius 2 is 1.56 bits per heavy atom. The molecule has 3 rings (SSSR count). The molecule has 0 aliphatic heterocycles. The van der Waals surface area contributed by atoms with Crippen molar-refractivity contribution in [2.45, 2.75) is 25.7 Å². The summed E-state index contributed by atoms with van der Waals surface area (Å²) in [6.07, 6.45) is 1.93. The second-order valence-electron chi connectivity index (χ2n) is 6.58. The van der Waals surface area contributed by atoms with Gasteiger partial charge in [-0.25, -0.2) is 8.78 Å². The number of aliphatic carboxylic acids is 1. The average molecular weight is 375 g/mol. The maximum Gasteiger partial charge on any atom is 0.306 e. The topological polar surface area (TPSA) is 75.6 Å². The Balaban J connectivity index is 1.69. The third kappa shape index (κ3) is 4.81. The van der Waals surface area contributed by atoms with Gasteiger partial charge in [0.05, 0.1) is 11.6 Å². The predicted molar refractivity (Wildman–Crippen MR) is 94.6 cm³/mol. The van der Waals surface area contributed by atoms with Crippen LogP contribution in [0, 0.1) is 23.5 Å². The Bertz CT molecular complexity index is 827. The minimum atomic E-state index is -0.824. The van der Waals surface area contributed by atoms with Gasteiger partial charge >= 0.3 is 5.97 Å². The lowest BCUT2D eigenvalue weighted by Crippen LogP contribution is -2.29. The van der Waals surface area contributed by atoms with Gasteiger partial charge in [0.1, 0.15) is 17.4 Å². The van der Waals surface area contributed by atoms with Crippen molar-refractivity contribution in [3.63, 3.8) is 0 Å². The number of amides is 1. The maximum absolute atomic E-state index is 13.3. The van der Waals surface area contributed by atoms with Crippen LogP contribution < -0.4 is 10.1 Å². The molecule has 5 nitrogen and oxygen atoms in total. The second-order valence-corrected chi connectivity index (χ2v) is 6.58. The number of hydrogen-bond acceptors (Lipinski definition) is 3. The van der Waals surface area contributed by atoms with E-state index in [-0.39, 0.29) is 23.3 Å². The van der Waals surface area contributed by atoms with Gasteiger partial charge < -0.3 is 15.2 Å². The smallest absolute Gasteiger partial charge is 0.306 e. The fraction of sp³-hybridized carbons (Fsp3) is 0.300. The van der Waals surface area contributed by atoms with Crippen molar-refractivity contribution in [3.8, 4) is 11.5 Å². The van der Waals surface area contributed by atoms with E-state index in [2.05, 4.69) is 5.32 Å². The van der Waals surface area contributed by atoms with Gasteiger partial charge in [0, 0.05) is 24.1 Å². The molecule has 1 aliphatic rings. The van der Waals surface area contributed by atoms with Crippen molar-refractivity contribution in [1.82, 2.24) is 0 Å². The zero-order chi connectivity index (χ0) is 19.4. The molecule has 2 aromatic rings. The fourth-order valence-electron chi connectivity index (χ4n) is 3.21. The third-order valence-corrected chi connectivity index (χ3v) is 4.66. The molecule has 0 bridgehead atoms. The van der Waals surface area contributed by atoms with Crippen LogP contribution in [-0.2, 0) is 9.59 Å². The molecule has 7 heteroatoms. The lowest BCUT2D eigenvalue weighted by atomic mass is 9.81. The highest BCUT2D eigenvalue weighted by atomic mass is 19.1. The molecule has 0 spiro atoms. The summed E-state index contributed by atoms with van der Waals surface area (Å²) in [5, 5.41) is 11.8. The largest absolute Gasteiger partial charge is 0.481 e. The number of benzene rings is 2. The summed E-state index contributed by atoms with van der Waals surface area (Å²) in [6.45, 7) is 0. The Morgan fingerprint density at radius 1 is 0.963 bits per heavy atom. The van der Waals surface area contributed by atoms with Crippen molar-refractivity contribution >= 4 is 17.6 Å². The fourth-order valence-corrected chi connectivity index (χ4v) is 3.21. The third-order valence-electron chi connectivity index (χ3n) is 4.66. The monoisotopic (exact) mass is 375 g/mol. The first kappa shape index (κ1) is 18.8. The number of carboxylic acid groups (broad SMARTS) is 1. The summed E-state index contributed by atoms with van der Waals surface area (Å²) in [5.74, 6) is -3.00. The van der Waals surface area contributed by atoms with Gasteiger partial charge in [0.25, 0.3) is 0 Å².